The van der Waals surface area contributed by atoms with E-state index in [2.05, 4.69) is 25.9 Å². The summed E-state index contributed by atoms with van der Waals surface area (Å²) in [4.78, 5) is 14.7. The second-order valence-electron chi connectivity index (χ2n) is 6.43. The van der Waals surface area contributed by atoms with E-state index >= 15 is 0 Å². The number of hydrogen-bond acceptors (Lipinski definition) is 5. The zero-order valence-corrected chi connectivity index (χ0v) is 15.1. The van der Waals surface area contributed by atoms with Crippen LogP contribution in [0.15, 0.2) is 48.5 Å². The number of hydrogen-bond donors (Lipinski definition) is 2. The van der Waals surface area contributed by atoms with Gasteiger partial charge in [0.25, 0.3) is 0 Å². The first-order valence-corrected chi connectivity index (χ1v) is 8.38. The molecule has 2 aromatic carbocycles. The number of nitrogens with one attached hydrogen (secondary N) is 2. The van der Waals surface area contributed by atoms with Crippen LogP contribution in [0.3, 0.4) is 0 Å². The van der Waals surface area contributed by atoms with E-state index in [0.29, 0.717) is 12.4 Å². The molecule has 7 nitrogen and oxygen atoms in total. The quantitative estimate of drug-likeness (QED) is 0.711. The van der Waals surface area contributed by atoms with Gasteiger partial charge >= 0.3 is 0 Å². The van der Waals surface area contributed by atoms with Gasteiger partial charge in [-0.3, -0.25) is 9.69 Å². The zero-order valence-electron chi connectivity index (χ0n) is 15.1. The number of aryl methyl sites for hydroxylation is 1. The third-order valence-electron chi connectivity index (χ3n) is 4.12. The Morgan fingerprint density at radius 3 is 2.69 bits per heavy atom. The second-order valence-corrected chi connectivity index (χ2v) is 6.43. The van der Waals surface area contributed by atoms with Crippen molar-refractivity contribution in [1.29, 1.82) is 0 Å². The normalized spacial score (nSPS) is 12.2. The van der Waals surface area contributed by atoms with Crippen LogP contribution in [0.5, 0.6) is 0 Å². The largest absolute Gasteiger partial charge is 0.350 e. The summed E-state index contributed by atoms with van der Waals surface area (Å²) in [6, 6.07) is 15.4. The van der Waals surface area contributed by atoms with Crippen molar-refractivity contribution in [3.8, 4) is 11.4 Å². The summed E-state index contributed by atoms with van der Waals surface area (Å²) in [5.74, 6) is 0.495. The molecule has 0 saturated carbocycles. The number of carbonyl (C=O) groups excluding carboxylic acids is 1. The van der Waals surface area contributed by atoms with Crippen molar-refractivity contribution >= 4 is 5.91 Å². The Balaban J connectivity index is 1.72. The van der Waals surface area contributed by atoms with Crippen molar-refractivity contribution in [2.75, 3.05) is 14.1 Å². The minimum absolute atomic E-state index is 0.0365. The SMILES string of the molecule is Cc1cccc(C(C(=O)NCc2cccc(-c3nn[nH]n3)c2)N(C)C)c1. The van der Waals surface area contributed by atoms with Gasteiger partial charge in [-0.2, -0.15) is 5.21 Å². The highest BCUT2D eigenvalue weighted by Gasteiger charge is 2.22. The Labute approximate surface area is 152 Å². The number of benzene rings is 2. The molecule has 7 heteroatoms. The first-order chi connectivity index (χ1) is 12.5. The second kappa shape index (κ2) is 7.88. The van der Waals surface area contributed by atoms with Crippen molar-refractivity contribution in [3.05, 3.63) is 65.2 Å². The Morgan fingerprint density at radius 1 is 1.19 bits per heavy atom. The summed E-state index contributed by atoms with van der Waals surface area (Å²) in [7, 11) is 3.81. The molecular weight excluding hydrogens is 328 g/mol. The Kier molecular flexibility index (Phi) is 5.38. The first-order valence-electron chi connectivity index (χ1n) is 8.38. The van der Waals surface area contributed by atoms with Gasteiger partial charge in [0.1, 0.15) is 6.04 Å². The number of aromatic nitrogens is 4. The molecule has 0 aliphatic heterocycles. The van der Waals surface area contributed by atoms with Gasteiger partial charge in [0.05, 0.1) is 0 Å². The minimum Gasteiger partial charge on any atom is -0.350 e. The highest BCUT2D eigenvalue weighted by molar-refractivity contribution is 5.83. The Hall–Kier alpha value is -3.06. The van der Waals surface area contributed by atoms with E-state index in [1.54, 1.807) is 0 Å². The number of aromatic amines is 1. The van der Waals surface area contributed by atoms with Crippen LogP contribution in [0, 0.1) is 6.92 Å². The van der Waals surface area contributed by atoms with Crippen molar-refractivity contribution in [1.82, 2.24) is 30.8 Å². The third kappa shape index (κ3) is 4.12. The molecule has 0 spiro atoms. The average molecular weight is 350 g/mol. The number of H-pyrrole nitrogens is 1. The van der Waals surface area contributed by atoms with Gasteiger partial charge in [0.2, 0.25) is 11.7 Å². The first kappa shape index (κ1) is 17.8. The highest BCUT2D eigenvalue weighted by atomic mass is 16.2. The lowest BCUT2D eigenvalue weighted by Gasteiger charge is -2.24. The molecule has 1 unspecified atom stereocenters. The Morgan fingerprint density at radius 2 is 2.00 bits per heavy atom. The van der Waals surface area contributed by atoms with E-state index in [0.717, 1.165) is 22.3 Å². The van der Waals surface area contributed by atoms with E-state index < -0.39 is 0 Å². The monoisotopic (exact) mass is 350 g/mol. The Bertz CT molecular complexity index is 875. The molecule has 3 rings (SSSR count). The lowest BCUT2D eigenvalue weighted by molar-refractivity contribution is -0.125. The molecule has 1 aromatic heterocycles. The number of carbonyl (C=O) groups is 1. The molecule has 3 aromatic rings. The average Bonchev–Trinajstić information content (AvgIpc) is 3.15. The molecular formula is C19H22N6O. The molecule has 2 N–H and O–H groups in total. The summed E-state index contributed by atoms with van der Waals surface area (Å²) in [5.41, 5.74) is 3.94. The van der Waals surface area contributed by atoms with Crippen LogP contribution in [0.1, 0.15) is 22.7 Å². The van der Waals surface area contributed by atoms with Gasteiger partial charge in [0.15, 0.2) is 0 Å². The summed E-state index contributed by atoms with van der Waals surface area (Å²) in [6.07, 6.45) is 0. The summed E-state index contributed by atoms with van der Waals surface area (Å²) >= 11 is 0. The molecule has 0 saturated heterocycles. The van der Waals surface area contributed by atoms with Crippen LogP contribution in [0.25, 0.3) is 11.4 Å². The van der Waals surface area contributed by atoms with E-state index in [4.69, 9.17) is 0 Å². The van der Waals surface area contributed by atoms with Crippen LogP contribution in [-0.2, 0) is 11.3 Å². The van der Waals surface area contributed by atoms with Gasteiger partial charge in [-0.05, 0) is 43.4 Å². The van der Waals surface area contributed by atoms with Gasteiger partial charge in [-0.25, -0.2) is 0 Å². The number of nitrogens with zero attached hydrogens (tertiary/aromatic N) is 4. The van der Waals surface area contributed by atoms with Crippen LogP contribution >= 0.6 is 0 Å². The predicted octanol–water partition coefficient (Wildman–Crippen LogP) is 2.09. The van der Waals surface area contributed by atoms with Crippen molar-refractivity contribution in [2.45, 2.75) is 19.5 Å². The third-order valence-corrected chi connectivity index (χ3v) is 4.12. The summed E-state index contributed by atoms with van der Waals surface area (Å²) < 4.78 is 0. The van der Waals surface area contributed by atoms with Crippen LogP contribution in [-0.4, -0.2) is 45.5 Å². The zero-order chi connectivity index (χ0) is 18.5. The van der Waals surface area contributed by atoms with Gasteiger partial charge in [-0.15, -0.1) is 10.2 Å². The van der Waals surface area contributed by atoms with Crippen LogP contribution < -0.4 is 5.32 Å². The molecule has 0 aliphatic rings. The molecule has 0 aliphatic carbocycles. The molecule has 1 atom stereocenters. The number of likely N-dealkylation sites (N-methyl/N-ethyl adjacent to an activating group) is 1. The van der Waals surface area contributed by atoms with E-state index in [-0.39, 0.29) is 11.9 Å². The van der Waals surface area contributed by atoms with Crippen molar-refractivity contribution in [3.63, 3.8) is 0 Å². The number of tetrazole rings is 1. The molecule has 0 radical (unpaired) electrons. The van der Waals surface area contributed by atoms with Gasteiger partial charge < -0.3 is 5.32 Å². The molecule has 1 amide bonds. The maximum absolute atomic E-state index is 12.8. The maximum Gasteiger partial charge on any atom is 0.242 e. The van der Waals surface area contributed by atoms with E-state index in [1.165, 1.54) is 0 Å². The molecule has 26 heavy (non-hydrogen) atoms. The number of rotatable bonds is 6. The van der Waals surface area contributed by atoms with Crippen molar-refractivity contribution in [2.24, 2.45) is 0 Å². The fourth-order valence-electron chi connectivity index (χ4n) is 2.91. The molecule has 134 valence electrons. The van der Waals surface area contributed by atoms with E-state index in [1.807, 2.05) is 74.4 Å². The minimum atomic E-state index is -0.338. The fourth-order valence-corrected chi connectivity index (χ4v) is 2.91. The predicted molar refractivity (Wildman–Crippen MR) is 99.1 cm³/mol. The van der Waals surface area contributed by atoms with Gasteiger partial charge in [0, 0.05) is 12.1 Å². The van der Waals surface area contributed by atoms with Gasteiger partial charge in [-0.1, -0.05) is 48.0 Å². The summed E-state index contributed by atoms with van der Waals surface area (Å²) in [5, 5.41) is 17.0. The lowest BCUT2D eigenvalue weighted by Crippen LogP contribution is -2.36. The molecule has 0 bridgehead atoms. The number of amides is 1. The fraction of sp³-hybridized carbons (Fsp3) is 0.263. The van der Waals surface area contributed by atoms with Crippen LogP contribution in [0.4, 0.5) is 0 Å². The lowest BCUT2D eigenvalue weighted by atomic mass is 10.0. The van der Waals surface area contributed by atoms with Crippen LogP contribution in [0.2, 0.25) is 0 Å². The highest BCUT2D eigenvalue weighted by Crippen LogP contribution is 2.20. The maximum atomic E-state index is 12.8. The standard InChI is InChI=1S/C19H22N6O/c1-13-6-4-8-15(10-13)17(25(2)3)19(26)20-12-14-7-5-9-16(11-14)18-21-23-24-22-18/h4-11,17H,12H2,1-3H3,(H,20,26)(H,21,22,23,24). The molecule has 1 heterocycles. The topological polar surface area (TPSA) is 86.8 Å². The van der Waals surface area contributed by atoms with Crippen molar-refractivity contribution < 1.29 is 4.79 Å². The summed E-state index contributed by atoms with van der Waals surface area (Å²) in [6.45, 7) is 2.46. The smallest absolute Gasteiger partial charge is 0.242 e. The van der Waals surface area contributed by atoms with E-state index in [9.17, 15) is 4.79 Å². The molecule has 0 fully saturated rings.